The second kappa shape index (κ2) is 5.88. The maximum Gasteiger partial charge on any atom is 0.266 e. The normalized spacial score (nSPS) is 10.9. The summed E-state index contributed by atoms with van der Waals surface area (Å²) >= 11 is 3.28. The molecule has 0 aliphatic rings. The molecule has 3 rings (SSSR count). The van der Waals surface area contributed by atoms with Crippen LogP contribution >= 0.6 is 15.9 Å². The maximum atomic E-state index is 12.0. The molecule has 5 nitrogen and oxygen atoms in total. The molecule has 0 fully saturated rings. The van der Waals surface area contributed by atoms with Crippen molar-refractivity contribution in [3.05, 3.63) is 62.5 Å². The van der Waals surface area contributed by atoms with Gasteiger partial charge in [0.25, 0.3) is 5.56 Å². The van der Waals surface area contributed by atoms with Gasteiger partial charge in [-0.2, -0.15) is 4.98 Å². The summed E-state index contributed by atoms with van der Waals surface area (Å²) in [6, 6.07) is 11.8. The number of pyridine rings is 1. The van der Waals surface area contributed by atoms with Crippen molar-refractivity contribution in [3.8, 4) is 0 Å². The molecule has 2 aromatic heterocycles. The zero-order chi connectivity index (χ0) is 15.7. The van der Waals surface area contributed by atoms with Crippen molar-refractivity contribution in [1.82, 2.24) is 14.5 Å². The van der Waals surface area contributed by atoms with Crippen LogP contribution in [0.15, 0.2) is 45.7 Å². The van der Waals surface area contributed by atoms with E-state index in [-0.39, 0.29) is 5.56 Å². The van der Waals surface area contributed by atoms with Gasteiger partial charge in [-0.15, -0.1) is 0 Å². The van der Waals surface area contributed by atoms with Gasteiger partial charge in [0.1, 0.15) is 5.65 Å². The molecule has 22 heavy (non-hydrogen) atoms. The molecule has 3 aromatic rings. The van der Waals surface area contributed by atoms with Crippen molar-refractivity contribution in [2.45, 2.75) is 13.5 Å². The third kappa shape index (κ3) is 2.74. The van der Waals surface area contributed by atoms with Gasteiger partial charge in [0.05, 0.1) is 10.2 Å². The third-order valence-electron chi connectivity index (χ3n) is 3.51. The summed E-state index contributed by atoms with van der Waals surface area (Å²) in [5.74, 6) is 0.520. The molecular weight excluding hydrogens is 344 g/mol. The Morgan fingerprint density at radius 3 is 2.68 bits per heavy atom. The van der Waals surface area contributed by atoms with Crippen molar-refractivity contribution < 1.29 is 0 Å². The van der Waals surface area contributed by atoms with Crippen molar-refractivity contribution in [1.29, 1.82) is 0 Å². The van der Waals surface area contributed by atoms with Gasteiger partial charge in [-0.3, -0.25) is 9.36 Å². The summed E-state index contributed by atoms with van der Waals surface area (Å²) in [5, 5.41) is 4.07. The summed E-state index contributed by atoms with van der Waals surface area (Å²) in [6.45, 7) is 2.55. The first kappa shape index (κ1) is 14.7. The summed E-state index contributed by atoms with van der Waals surface area (Å²) in [7, 11) is 1.71. The molecule has 0 radical (unpaired) electrons. The van der Waals surface area contributed by atoms with Crippen LogP contribution in [0.4, 0.5) is 5.95 Å². The number of rotatable bonds is 3. The number of halogens is 1. The van der Waals surface area contributed by atoms with E-state index in [0.717, 1.165) is 16.6 Å². The molecule has 0 saturated carbocycles. The Morgan fingerprint density at radius 1 is 1.23 bits per heavy atom. The minimum atomic E-state index is -0.111. The largest absolute Gasteiger partial charge is 0.350 e. The number of nitrogens with zero attached hydrogens (tertiary/aromatic N) is 3. The number of fused-ring (bicyclic) bond motifs is 1. The van der Waals surface area contributed by atoms with E-state index in [0.29, 0.717) is 22.6 Å². The quantitative estimate of drug-likeness (QED) is 0.781. The number of hydrogen-bond acceptors (Lipinski definition) is 4. The Morgan fingerprint density at radius 2 is 1.95 bits per heavy atom. The lowest BCUT2D eigenvalue weighted by Crippen LogP contribution is -2.19. The first-order valence-corrected chi connectivity index (χ1v) is 7.67. The SMILES string of the molecule is Cc1nc(NCc2ccccc2)nc2c1cc(Br)c(=O)n2C. The Kier molecular flexibility index (Phi) is 3.94. The number of hydrogen-bond donors (Lipinski definition) is 1. The van der Waals surface area contributed by atoms with Crippen molar-refractivity contribution in [2.24, 2.45) is 7.05 Å². The molecule has 0 unspecified atom stereocenters. The molecular formula is C16H15BrN4O. The van der Waals surface area contributed by atoms with Crippen LogP contribution in [0.3, 0.4) is 0 Å². The van der Waals surface area contributed by atoms with E-state index in [1.54, 1.807) is 13.1 Å². The lowest BCUT2D eigenvalue weighted by Gasteiger charge is -2.10. The Hall–Kier alpha value is -2.21. The van der Waals surface area contributed by atoms with Crippen LogP contribution in [-0.4, -0.2) is 14.5 Å². The lowest BCUT2D eigenvalue weighted by molar-refractivity contribution is 0.873. The zero-order valence-electron chi connectivity index (χ0n) is 12.3. The van der Waals surface area contributed by atoms with Crippen LogP contribution in [0.1, 0.15) is 11.3 Å². The molecule has 6 heteroatoms. The minimum absolute atomic E-state index is 0.111. The summed E-state index contributed by atoms with van der Waals surface area (Å²) in [4.78, 5) is 21.0. The summed E-state index contributed by atoms with van der Waals surface area (Å²) in [6.07, 6.45) is 0. The number of aromatic nitrogens is 3. The highest BCUT2D eigenvalue weighted by Crippen LogP contribution is 2.19. The molecule has 0 spiro atoms. The maximum absolute atomic E-state index is 12.0. The molecule has 2 heterocycles. The number of benzene rings is 1. The second-order valence-corrected chi connectivity index (χ2v) is 5.92. The van der Waals surface area contributed by atoms with E-state index >= 15 is 0 Å². The highest BCUT2D eigenvalue weighted by molar-refractivity contribution is 9.10. The molecule has 0 amide bonds. The van der Waals surface area contributed by atoms with Gasteiger partial charge in [-0.1, -0.05) is 30.3 Å². The molecule has 1 N–H and O–H groups in total. The van der Waals surface area contributed by atoms with E-state index in [4.69, 9.17) is 0 Å². The van der Waals surface area contributed by atoms with Crippen molar-refractivity contribution >= 4 is 32.9 Å². The first-order valence-electron chi connectivity index (χ1n) is 6.88. The van der Waals surface area contributed by atoms with Gasteiger partial charge in [0, 0.05) is 19.0 Å². The van der Waals surface area contributed by atoms with Crippen LogP contribution in [0.25, 0.3) is 11.0 Å². The van der Waals surface area contributed by atoms with Crippen LogP contribution in [-0.2, 0) is 13.6 Å². The average molecular weight is 359 g/mol. The van der Waals surface area contributed by atoms with Gasteiger partial charge in [-0.25, -0.2) is 4.98 Å². The van der Waals surface area contributed by atoms with Crippen LogP contribution in [0, 0.1) is 6.92 Å². The van der Waals surface area contributed by atoms with Gasteiger partial charge in [-0.05, 0) is 34.5 Å². The van der Waals surface area contributed by atoms with Crippen molar-refractivity contribution in [2.75, 3.05) is 5.32 Å². The van der Waals surface area contributed by atoms with Gasteiger partial charge >= 0.3 is 0 Å². The lowest BCUT2D eigenvalue weighted by atomic mass is 10.2. The standard InChI is InChI=1S/C16H15BrN4O/c1-10-12-8-13(17)15(22)21(2)14(12)20-16(19-10)18-9-11-6-4-3-5-7-11/h3-8H,9H2,1-2H3,(H,18,19,20). The second-order valence-electron chi connectivity index (χ2n) is 5.07. The van der Waals surface area contributed by atoms with E-state index in [2.05, 4.69) is 31.2 Å². The van der Waals surface area contributed by atoms with E-state index in [1.807, 2.05) is 37.3 Å². The number of nitrogens with one attached hydrogen (secondary N) is 1. The van der Waals surface area contributed by atoms with Gasteiger partial charge in [0.2, 0.25) is 5.95 Å². The molecule has 0 atom stereocenters. The Balaban J connectivity index is 2.00. The number of aryl methyl sites for hydroxylation is 2. The van der Waals surface area contributed by atoms with E-state index in [1.165, 1.54) is 4.57 Å². The van der Waals surface area contributed by atoms with Crippen LogP contribution in [0.2, 0.25) is 0 Å². The minimum Gasteiger partial charge on any atom is -0.350 e. The molecule has 0 aliphatic heterocycles. The first-order chi connectivity index (χ1) is 10.6. The van der Waals surface area contributed by atoms with E-state index in [9.17, 15) is 4.79 Å². The fourth-order valence-corrected chi connectivity index (χ4v) is 2.79. The monoisotopic (exact) mass is 358 g/mol. The Bertz CT molecular complexity index is 890. The van der Waals surface area contributed by atoms with Gasteiger partial charge in [0.15, 0.2) is 0 Å². The molecule has 0 saturated heterocycles. The predicted octanol–water partition coefficient (Wildman–Crippen LogP) is 3.01. The average Bonchev–Trinajstić information content (AvgIpc) is 2.53. The zero-order valence-corrected chi connectivity index (χ0v) is 13.9. The van der Waals surface area contributed by atoms with Crippen LogP contribution < -0.4 is 10.9 Å². The van der Waals surface area contributed by atoms with Crippen LogP contribution in [0.5, 0.6) is 0 Å². The number of anilines is 1. The highest BCUT2D eigenvalue weighted by atomic mass is 79.9. The van der Waals surface area contributed by atoms with Crippen molar-refractivity contribution in [3.63, 3.8) is 0 Å². The molecule has 112 valence electrons. The molecule has 0 aliphatic carbocycles. The topological polar surface area (TPSA) is 59.8 Å². The Labute approximate surface area is 136 Å². The highest BCUT2D eigenvalue weighted by Gasteiger charge is 2.10. The summed E-state index contributed by atoms with van der Waals surface area (Å²) < 4.78 is 2.04. The summed E-state index contributed by atoms with van der Waals surface area (Å²) in [5.41, 5.74) is 2.49. The predicted molar refractivity (Wildman–Crippen MR) is 91.0 cm³/mol. The van der Waals surface area contributed by atoms with E-state index < -0.39 is 0 Å². The molecule has 0 bridgehead atoms. The smallest absolute Gasteiger partial charge is 0.266 e. The van der Waals surface area contributed by atoms with Gasteiger partial charge < -0.3 is 5.32 Å². The third-order valence-corrected chi connectivity index (χ3v) is 4.08. The fraction of sp³-hybridized carbons (Fsp3) is 0.188. The fourth-order valence-electron chi connectivity index (χ4n) is 2.29. The molecule has 1 aromatic carbocycles.